The Morgan fingerprint density at radius 1 is 1.37 bits per heavy atom. The van der Waals surface area contributed by atoms with Crippen molar-refractivity contribution in [1.82, 2.24) is 10.2 Å². The van der Waals surface area contributed by atoms with E-state index in [9.17, 15) is 9.90 Å². The third-order valence-corrected chi connectivity index (χ3v) is 4.92. The van der Waals surface area contributed by atoms with Crippen LogP contribution in [0.25, 0.3) is 0 Å². The monoisotopic (exact) mass is 268 g/mol. The number of carboxylic acids is 1. The fourth-order valence-corrected chi connectivity index (χ4v) is 2.93. The van der Waals surface area contributed by atoms with Crippen molar-refractivity contribution < 1.29 is 9.90 Å². The number of nitrogens with one attached hydrogen (secondary N) is 1. The van der Waals surface area contributed by atoms with E-state index in [1.54, 1.807) is 0 Å². The van der Waals surface area contributed by atoms with Gasteiger partial charge in [0.2, 0.25) is 0 Å². The van der Waals surface area contributed by atoms with Crippen molar-refractivity contribution in [3.63, 3.8) is 0 Å². The van der Waals surface area contributed by atoms with Crippen LogP contribution < -0.4 is 5.32 Å². The molecule has 0 heterocycles. The lowest BCUT2D eigenvalue weighted by Crippen LogP contribution is -2.54. The van der Waals surface area contributed by atoms with E-state index in [1.807, 2.05) is 6.92 Å². The number of aliphatic carboxylic acids is 1. The Kier molecular flexibility index (Phi) is 4.21. The molecular formula is C15H28N2O2. The minimum absolute atomic E-state index is 0.281. The molecule has 4 heteroatoms. The first-order chi connectivity index (χ1) is 8.83. The van der Waals surface area contributed by atoms with Gasteiger partial charge in [-0.3, -0.25) is 10.1 Å². The molecule has 3 unspecified atom stereocenters. The first kappa shape index (κ1) is 14.8. The van der Waals surface area contributed by atoms with Gasteiger partial charge in [-0.1, -0.05) is 0 Å². The van der Waals surface area contributed by atoms with Crippen molar-refractivity contribution >= 4 is 5.97 Å². The van der Waals surface area contributed by atoms with Gasteiger partial charge >= 0.3 is 5.97 Å². The minimum atomic E-state index is -0.794. The van der Waals surface area contributed by atoms with E-state index >= 15 is 0 Å². The molecule has 0 bridgehead atoms. The third-order valence-electron chi connectivity index (χ3n) is 4.92. The molecule has 2 aliphatic carbocycles. The Morgan fingerprint density at radius 2 is 1.95 bits per heavy atom. The predicted molar refractivity (Wildman–Crippen MR) is 76.2 cm³/mol. The molecule has 2 saturated carbocycles. The van der Waals surface area contributed by atoms with Crippen LogP contribution in [0.1, 0.15) is 52.9 Å². The van der Waals surface area contributed by atoms with Crippen LogP contribution in [0.2, 0.25) is 0 Å². The van der Waals surface area contributed by atoms with Gasteiger partial charge in [0.1, 0.15) is 5.54 Å². The molecule has 0 aromatic heterocycles. The highest BCUT2D eigenvalue weighted by molar-refractivity contribution is 5.78. The van der Waals surface area contributed by atoms with E-state index in [1.165, 1.54) is 12.8 Å². The van der Waals surface area contributed by atoms with Crippen molar-refractivity contribution in [3.8, 4) is 0 Å². The standard InChI is InChI=1S/C15H28N2O2/c1-10(17(4)11(2)12-5-6-12)9-15(3,14(18)19)16-13-7-8-13/h10-13,16H,5-9H2,1-4H3,(H,18,19). The summed E-state index contributed by atoms with van der Waals surface area (Å²) in [6.45, 7) is 6.25. The summed E-state index contributed by atoms with van der Waals surface area (Å²) >= 11 is 0. The molecular weight excluding hydrogens is 240 g/mol. The Bertz CT molecular complexity index is 339. The van der Waals surface area contributed by atoms with Gasteiger partial charge in [-0.15, -0.1) is 0 Å². The van der Waals surface area contributed by atoms with Crippen LogP contribution in [0.3, 0.4) is 0 Å². The average Bonchev–Trinajstić information content (AvgIpc) is 3.19. The van der Waals surface area contributed by atoms with E-state index in [0.29, 0.717) is 18.5 Å². The van der Waals surface area contributed by atoms with Crippen molar-refractivity contribution in [3.05, 3.63) is 0 Å². The highest BCUT2D eigenvalue weighted by atomic mass is 16.4. The van der Waals surface area contributed by atoms with Crippen molar-refractivity contribution in [2.75, 3.05) is 7.05 Å². The number of rotatable bonds is 8. The van der Waals surface area contributed by atoms with Crippen molar-refractivity contribution in [1.29, 1.82) is 0 Å². The van der Waals surface area contributed by atoms with Gasteiger partial charge in [0.05, 0.1) is 0 Å². The first-order valence-corrected chi connectivity index (χ1v) is 7.56. The Balaban J connectivity index is 1.92. The zero-order valence-electron chi connectivity index (χ0n) is 12.6. The number of nitrogens with zero attached hydrogens (tertiary/aromatic N) is 1. The third kappa shape index (κ3) is 3.69. The van der Waals surface area contributed by atoms with Gasteiger partial charge in [-0.05, 0) is 65.8 Å². The van der Waals surface area contributed by atoms with Crippen LogP contribution >= 0.6 is 0 Å². The lowest BCUT2D eigenvalue weighted by molar-refractivity contribution is -0.145. The SMILES string of the molecule is CC(CC(C)(NC1CC1)C(=O)O)N(C)C(C)C1CC1. The average molecular weight is 268 g/mol. The fourth-order valence-electron chi connectivity index (χ4n) is 2.93. The molecule has 0 spiro atoms. The summed E-state index contributed by atoms with van der Waals surface area (Å²) in [4.78, 5) is 13.9. The maximum Gasteiger partial charge on any atom is 0.323 e. The second-order valence-electron chi connectivity index (χ2n) is 6.85. The number of carboxylic acid groups (broad SMARTS) is 1. The summed E-state index contributed by atoms with van der Waals surface area (Å²) in [5, 5.41) is 12.8. The summed E-state index contributed by atoms with van der Waals surface area (Å²) in [7, 11) is 2.13. The summed E-state index contributed by atoms with van der Waals surface area (Å²) < 4.78 is 0. The van der Waals surface area contributed by atoms with E-state index in [0.717, 1.165) is 18.8 Å². The summed E-state index contributed by atoms with van der Waals surface area (Å²) in [6, 6.07) is 1.26. The molecule has 0 saturated heterocycles. The molecule has 2 fully saturated rings. The normalized spacial score (nSPS) is 25.9. The van der Waals surface area contributed by atoms with Crippen molar-refractivity contribution in [2.24, 2.45) is 5.92 Å². The molecule has 2 N–H and O–H groups in total. The lowest BCUT2D eigenvalue weighted by Gasteiger charge is -2.36. The molecule has 0 radical (unpaired) electrons. The first-order valence-electron chi connectivity index (χ1n) is 7.56. The van der Waals surface area contributed by atoms with Crippen LogP contribution in [0.4, 0.5) is 0 Å². The molecule has 110 valence electrons. The molecule has 4 nitrogen and oxygen atoms in total. The summed E-state index contributed by atoms with van der Waals surface area (Å²) in [5.74, 6) is 0.0960. The maximum atomic E-state index is 11.6. The topological polar surface area (TPSA) is 52.6 Å². The van der Waals surface area contributed by atoms with Crippen LogP contribution in [-0.2, 0) is 4.79 Å². The van der Waals surface area contributed by atoms with Crippen LogP contribution in [-0.4, -0.2) is 46.7 Å². The summed E-state index contributed by atoms with van der Waals surface area (Å²) in [5.41, 5.74) is -0.794. The van der Waals surface area contributed by atoms with Crippen LogP contribution in [0.15, 0.2) is 0 Å². The minimum Gasteiger partial charge on any atom is -0.480 e. The van der Waals surface area contributed by atoms with Gasteiger partial charge in [0.15, 0.2) is 0 Å². The lowest BCUT2D eigenvalue weighted by atomic mass is 9.92. The molecule has 0 aromatic carbocycles. The molecule has 0 amide bonds. The Hall–Kier alpha value is -0.610. The summed E-state index contributed by atoms with van der Waals surface area (Å²) in [6.07, 6.45) is 5.55. The molecule has 2 aliphatic rings. The molecule has 19 heavy (non-hydrogen) atoms. The molecule has 0 aliphatic heterocycles. The highest BCUT2D eigenvalue weighted by Crippen LogP contribution is 2.36. The van der Waals surface area contributed by atoms with Crippen molar-refractivity contribution in [2.45, 2.75) is 76.5 Å². The Labute approximate surface area is 116 Å². The van der Waals surface area contributed by atoms with E-state index < -0.39 is 11.5 Å². The number of hydrogen-bond donors (Lipinski definition) is 2. The molecule has 0 aromatic rings. The quantitative estimate of drug-likeness (QED) is 0.708. The fraction of sp³-hybridized carbons (Fsp3) is 0.933. The van der Waals surface area contributed by atoms with E-state index in [4.69, 9.17) is 0 Å². The van der Waals surface area contributed by atoms with Gasteiger partial charge in [0, 0.05) is 18.1 Å². The smallest absolute Gasteiger partial charge is 0.323 e. The Morgan fingerprint density at radius 3 is 2.37 bits per heavy atom. The molecule has 3 atom stereocenters. The van der Waals surface area contributed by atoms with Gasteiger partial charge in [-0.2, -0.15) is 0 Å². The maximum absolute atomic E-state index is 11.6. The zero-order valence-corrected chi connectivity index (χ0v) is 12.6. The number of hydrogen-bond acceptors (Lipinski definition) is 3. The number of carbonyl (C=O) groups is 1. The van der Waals surface area contributed by atoms with Crippen LogP contribution in [0, 0.1) is 5.92 Å². The van der Waals surface area contributed by atoms with E-state index in [2.05, 4.69) is 31.1 Å². The largest absolute Gasteiger partial charge is 0.480 e. The van der Waals surface area contributed by atoms with Crippen LogP contribution in [0.5, 0.6) is 0 Å². The van der Waals surface area contributed by atoms with E-state index in [-0.39, 0.29) is 6.04 Å². The van der Waals surface area contributed by atoms with Gasteiger partial charge in [-0.25, -0.2) is 0 Å². The van der Waals surface area contributed by atoms with Gasteiger partial charge < -0.3 is 10.0 Å². The second-order valence-corrected chi connectivity index (χ2v) is 6.85. The zero-order chi connectivity index (χ0) is 14.2. The molecule has 2 rings (SSSR count). The second kappa shape index (κ2) is 5.41. The highest BCUT2D eigenvalue weighted by Gasteiger charge is 2.41. The predicted octanol–water partition coefficient (Wildman–Crippen LogP) is 2.09. The van der Waals surface area contributed by atoms with Gasteiger partial charge in [0.25, 0.3) is 0 Å².